The van der Waals surface area contributed by atoms with Crippen LogP contribution in [0.5, 0.6) is 0 Å². The fourth-order valence-electron chi connectivity index (χ4n) is 2.58. The average molecular weight is 356 g/mol. The number of likely N-dealkylation sites (N-methyl/N-ethyl adjacent to an activating group) is 1. The molecule has 1 atom stereocenters. The maximum atomic E-state index is 12.7. The Morgan fingerprint density at radius 1 is 1.35 bits per heavy atom. The van der Waals surface area contributed by atoms with Gasteiger partial charge in [-0.05, 0) is 51.8 Å². The number of hydrogen-bond acceptors (Lipinski definition) is 4. The molecule has 1 saturated heterocycles. The summed E-state index contributed by atoms with van der Waals surface area (Å²) in [4.78, 5) is 4.44. The maximum absolute atomic E-state index is 12.7. The fraction of sp³-hybridized carbons (Fsp3) is 0.562. The molecule has 0 spiro atoms. The third kappa shape index (κ3) is 4.65. The summed E-state index contributed by atoms with van der Waals surface area (Å²) in [6, 6.07) is 7.07. The molecule has 7 heteroatoms. The maximum Gasteiger partial charge on any atom is 0.183 e. The summed E-state index contributed by atoms with van der Waals surface area (Å²) < 4.78 is 25.4. The molecule has 5 nitrogen and oxygen atoms in total. The van der Waals surface area contributed by atoms with Crippen LogP contribution in [0.15, 0.2) is 29.2 Å². The van der Waals surface area contributed by atoms with E-state index >= 15 is 0 Å². The van der Waals surface area contributed by atoms with Gasteiger partial charge in [-0.25, -0.2) is 8.42 Å². The second kappa shape index (κ2) is 7.59. The zero-order valence-electron chi connectivity index (χ0n) is 13.9. The van der Waals surface area contributed by atoms with E-state index in [-0.39, 0.29) is 5.25 Å². The smallest absolute Gasteiger partial charge is 0.183 e. The van der Waals surface area contributed by atoms with Crippen molar-refractivity contribution < 1.29 is 8.42 Å². The van der Waals surface area contributed by atoms with Gasteiger partial charge >= 0.3 is 0 Å². The Morgan fingerprint density at radius 2 is 2.00 bits per heavy atom. The summed E-state index contributed by atoms with van der Waals surface area (Å²) in [5, 5.41) is 3.45. The van der Waals surface area contributed by atoms with Crippen molar-refractivity contribution in [2.45, 2.75) is 23.5 Å². The summed E-state index contributed by atoms with van der Waals surface area (Å²) in [5.74, 6) is 0. The van der Waals surface area contributed by atoms with E-state index in [1.807, 2.05) is 38.1 Å². The number of sulfone groups is 1. The number of hydrogen-bond donors (Lipinski definition) is 1. The van der Waals surface area contributed by atoms with Gasteiger partial charge in [0.1, 0.15) is 0 Å². The number of nitrogens with one attached hydrogen (secondary N) is 1. The Bertz CT molecular complexity index is 642. The molecule has 1 aliphatic rings. The van der Waals surface area contributed by atoms with E-state index in [9.17, 15) is 8.42 Å². The average Bonchev–Trinajstić information content (AvgIpc) is 2.98. The minimum Gasteiger partial charge on any atom is -0.361 e. The molecular formula is C16H25N3O2S2. The van der Waals surface area contributed by atoms with Crippen molar-refractivity contribution in [3.05, 3.63) is 29.8 Å². The molecule has 0 aliphatic carbocycles. The van der Waals surface area contributed by atoms with Gasteiger partial charge < -0.3 is 15.1 Å². The number of benzene rings is 1. The van der Waals surface area contributed by atoms with Gasteiger partial charge in [0, 0.05) is 26.2 Å². The monoisotopic (exact) mass is 355 g/mol. The molecule has 1 aromatic rings. The third-order valence-corrected chi connectivity index (χ3v) is 6.65. The topological polar surface area (TPSA) is 52.7 Å². The van der Waals surface area contributed by atoms with Crippen LogP contribution in [0.3, 0.4) is 0 Å². The van der Waals surface area contributed by atoms with E-state index in [1.165, 1.54) is 0 Å². The lowest BCUT2D eigenvalue weighted by molar-refractivity contribution is 0.407. The first-order valence-corrected chi connectivity index (χ1v) is 9.74. The van der Waals surface area contributed by atoms with Crippen molar-refractivity contribution in [3.63, 3.8) is 0 Å². The van der Waals surface area contributed by atoms with E-state index in [0.717, 1.165) is 18.7 Å². The van der Waals surface area contributed by atoms with E-state index in [4.69, 9.17) is 12.2 Å². The standard InChI is InChI=1S/C16H25N3O2S2/c1-13-4-6-14(7-5-13)23(20,21)15-8-10-19(12-15)16(22)17-9-11-18(2)3/h4-7,15H,8-12H2,1-3H3,(H,17,22). The minimum atomic E-state index is -3.29. The normalized spacial score (nSPS) is 18.4. The highest BCUT2D eigenvalue weighted by molar-refractivity contribution is 7.92. The largest absolute Gasteiger partial charge is 0.361 e. The Hall–Kier alpha value is -1.18. The number of aryl methyl sites for hydroxylation is 1. The van der Waals surface area contributed by atoms with Gasteiger partial charge in [0.05, 0.1) is 10.1 Å². The van der Waals surface area contributed by atoms with Gasteiger partial charge in [-0.1, -0.05) is 17.7 Å². The van der Waals surface area contributed by atoms with E-state index < -0.39 is 9.84 Å². The van der Waals surface area contributed by atoms with Gasteiger partial charge in [0.15, 0.2) is 14.9 Å². The summed E-state index contributed by atoms with van der Waals surface area (Å²) in [7, 11) is 0.716. The number of nitrogens with zero attached hydrogens (tertiary/aromatic N) is 2. The Morgan fingerprint density at radius 3 is 2.61 bits per heavy atom. The number of rotatable bonds is 5. The van der Waals surface area contributed by atoms with E-state index in [1.54, 1.807) is 12.1 Å². The van der Waals surface area contributed by atoms with Crippen LogP contribution in [0.2, 0.25) is 0 Å². The first-order valence-electron chi connectivity index (χ1n) is 7.79. The van der Waals surface area contributed by atoms with Crippen LogP contribution >= 0.6 is 12.2 Å². The van der Waals surface area contributed by atoms with Crippen LogP contribution in [0.25, 0.3) is 0 Å². The molecule has 0 aromatic heterocycles. The SMILES string of the molecule is Cc1ccc(S(=O)(=O)C2CCN(C(=S)NCCN(C)C)C2)cc1. The van der Waals surface area contributed by atoms with E-state index in [2.05, 4.69) is 10.2 Å². The van der Waals surface area contributed by atoms with Crippen molar-refractivity contribution in [1.29, 1.82) is 0 Å². The lowest BCUT2D eigenvalue weighted by Gasteiger charge is -2.21. The summed E-state index contributed by atoms with van der Waals surface area (Å²) in [5.41, 5.74) is 1.06. The zero-order valence-corrected chi connectivity index (χ0v) is 15.6. The summed E-state index contributed by atoms with van der Waals surface area (Å²) >= 11 is 5.38. The summed E-state index contributed by atoms with van der Waals surface area (Å²) in [6.45, 7) is 4.75. The molecule has 0 radical (unpaired) electrons. The molecule has 1 unspecified atom stereocenters. The van der Waals surface area contributed by atoms with Crippen molar-refractivity contribution in [2.24, 2.45) is 0 Å². The molecule has 23 heavy (non-hydrogen) atoms. The molecule has 0 amide bonds. The van der Waals surface area contributed by atoms with Crippen LogP contribution < -0.4 is 5.32 Å². The third-order valence-electron chi connectivity index (χ3n) is 4.06. The molecule has 0 bridgehead atoms. The summed E-state index contributed by atoms with van der Waals surface area (Å²) in [6.07, 6.45) is 0.617. The van der Waals surface area contributed by atoms with Crippen LogP contribution in [-0.2, 0) is 9.84 Å². The van der Waals surface area contributed by atoms with Crippen LogP contribution in [0, 0.1) is 6.92 Å². The molecule has 1 N–H and O–H groups in total. The first kappa shape index (κ1) is 18.2. The highest BCUT2D eigenvalue weighted by Gasteiger charge is 2.35. The molecular weight excluding hydrogens is 330 g/mol. The fourth-order valence-corrected chi connectivity index (χ4v) is 4.54. The highest BCUT2D eigenvalue weighted by atomic mass is 32.2. The molecule has 1 aliphatic heterocycles. The van der Waals surface area contributed by atoms with Crippen molar-refractivity contribution in [1.82, 2.24) is 15.1 Å². The van der Waals surface area contributed by atoms with Crippen molar-refractivity contribution >= 4 is 27.2 Å². The predicted octanol–water partition coefficient (Wildman–Crippen LogP) is 1.28. The molecule has 2 rings (SSSR count). The molecule has 0 saturated carbocycles. The van der Waals surface area contributed by atoms with E-state index in [0.29, 0.717) is 29.5 Å². The Balaban J connectivity index is 1.96. The highest BCUT2D eigenvalue weighted by Crippen LogP contribution is 2.24. The van der Waals surface area contributed by atoms with Gasteiger partial charge in [-0.15, -0.1) is 0 Å². The molecule has 128 valence electrons. The van der Waals surface area contributed by atoms with Gasteiger partial charge in [-0.2, -0.15) is 0 Å². The quantitative estimate of drug-likeness (QED) is 0.803. The van der Waals surface area contributed by atoms with Gasteiger partial charge in [-0.3, -0.25) is 0 Å². The predicted molar refractivity (Wildman–Crippen MR) is 97.5 cm³/mol. The Labute approximate surface area is 144 Å². The Kier molecular flexibility index (Phi) is 6.00. The molecule has 1 aromatic carbocycles. The minimum absolute atomic E-state index is 0.390. The molecule has 1 fully saturated rings. The lowest BCUT2D eigenvalue weighted by atomic mass is 10.2. The second-order valence-electron chi connectivity index (χ2n) is 6.25. The first-order chi connectivity index (χ1) is 10.8. The number of likely N-dealkylation sites (tertiary alicyclic amines) is 1. The van der Waals surface area contributed by atoms with Crippen molar-refractivity contribution in [2.75, 3.05) is 40.3 Å². The number of thiocarbonyl (C=S) groups is 1. The van der Waals surface area contributed by atoms with Crippen LogP contribution in [-0.4, -0.2) is 68.9 Å². The van der Waals surface area contributed by atoms with Crippen molar-refractivity contribution in [3.8, 4) is 0 Å². The lowest BCUT2D eigenvalue weighted by Crippen LogP contribution is -2.41. The molecule has 1 heterocycles. The van der Waals surface area contributed by atoms with Crippen LogP contribution in [0.1, 0.15) is 12.0 Å². The van der Waals surface area contributed by atoms with Crippen LogP contribution in [0.4, 0.5) is 0 Å². The zero-order chi connectivity index (χ0) is 17.0. The van der Waals surface area contributed by atoms with Gasteiger partial charge in [0.25, 0.3) is 0 Å². The van der Waals surface area contributed by atoms with Gasteiger partial charge in [0.2, 0.25) is 0 Å². The second-order valence-corrected chi connectivity index (χ2v) is 8.86.